The second kappa shape index (κ2) is 16.4. The lowest BCUT2D eigenvalue weighted by Gasteiger charge is -2.08. The standard InChI is InChI=1S/C24H35N3O6/c1-4-6-24(31)33-13-5-12-32-14-11-26-22(29)17-23(30)27-20-9-7-19(8-10-20)16-21(28)15-18(2)25-3/h7-10,15,25H,4-6,11-14,16-17H2,1-3H3,(H,26,29)(H,27,30)/b18-15-. The van der Waals surface area contributed by atoms with Gasteiger partial charge in [-0.05, 0) is 31.0 Å². The molecule has 0 saturated carbocycles. The van der Waals surface area contributed by atoms with Gasteiger partial charge < -0.3 is 25.4 Å². The molecule has 0 saturated heterocycles. The first kappa shape index (κ1) is 27.8. The number of esters is 1. The molecule has 2 amide bonds. The van der Waals surface area contributed by atoms with Gasteiger partial charge in [-0.3, -0.25) is 19.2 Å². The van der Waals surface area contributed by atoms with E-state index in [-0.39, 0.29) is 31.1 Å². The highest BCUT2D eigenvalue weighted by Crippen LogP contribution is 2.11. The summed E-state index contributed by atoms with van der Waals surface area (Å²) in [4.78, 5) is 47.0. The van der Waals surface area contributed by atoms with Crippen LogP contribution in [0.1, 0.15) is 45.1 Å². The molecule has 0 aliphatic carbocycles. The molecule has 0 unspecified atom stereocenters. The highest BCUT2D eigenvalue weighted by Gasteiger charge is 2.10. The fourth-order valence-corrected chi connectivity index (χ4v) is 2.67. The van der Waals surface area contributed by atoms with Gasteiger partial charge in [0.05, 0.1) is 13.2 Å². The first-order chi connectivity index (χ1) is 15.8. The SMILES string of the molecule is CCCC(=O)OCCCOCCNC(=O)CC(=O)Nc1ccc(CC(=O)/C=C(/C)NC)cc1. The second-order valence-electron chi connectivity index (χ2n) is 7.43. The lowest BCUT2D eigenvalue weighted by atomic mass is 10.1. The van der Waals surface area contributed by atoms with E-state index in [1.54, 1.807) is 37.4 Å². The normalized spacial score (nSPS) is 10.9. The molecule has 0 aliphatic rings. The minimum absolute atomic E-state index is 0.0188. The average Bonchev–Trinajstić information content (AvgIpc) is 2.76. The zero-order valence-electron chi connectivity index (χ0n) is 19.7. The molecule has 0 aromatic heterocycles. The van der Waals surface area contributed by atoms with Gasteiger partial charge in [-0.25, -0.2) is 0 Å². The van der Waals surface area contributed by atoms with Crippen LogP contribution in [0.4, 0.5) is 5.69 Å². The van der Waals surface area contributed by atoms with Crippen LogP contribution in [0.25, 0.3) is 0 Å². The van der Waals surface area contributed by atoms with Gasteiger partial charge >= 0.3 is 5.97 Å². The summed E-state index contributed by atoms with van der Waals surface area (Å²) in [6, 6.07) is 6.91. The van der Waals surface area contributed by atoms with E-state index >= 15 is 0 Å². The molecule has 0 fully saturated rings. The molecule has 3 N–H and O–H groups in total. The summed E-state index contributed by atoms with van der Waals surface area (Å²) in [7, 11) is 1.75. The zero-order chi connectivity index (χ0) is 24.5. The number of hydrogen-bond acceptors (Lipinski definition) is 7. The Bertz CT molecular complexity index is 805. The number of carbonyl (C=O) groups is 4. The van der Waals surface area contributed by atoms with Gasteiger partial charge in [0, 0.05) is 56.9 Å². The van der Waals surface area contributed by atoms with Crippen LogP contribution in [0.15, 0.2) is 36.0 Å². The van der Waals surface area contributed by atoms with E-state index in [0.29, 0.717) is 38.3 Å². The minimum Gasteiger partial charge on any atom is -0.466 e. The van der Waals surface area contributed by atoms with Crippen LogP contribution in [-0.4, -0.2) is 57.0 Å². The predicted octanol–water partition coefficient (Wildman–Crippen LogP) is 2.12. The molecule has 0 heterocycles. The topological polar surface area (TPSA) is 123 Å². The molecule has 0 aliphatic heterocycles. The summed E-state index contributed by atoms with van der Waals surface area (Å²) >= 11 is 0. The van der Waals surface area contributed by atoms with Crippen LogP contribution in [0.5, 0.6) is 0 Å². The van der Waals surface area contributed by atoms with Crippen molar-refractivity contribution >= 4 is 29.3 Å². The van der Waals surface area contributed by atoms with Crippen LogP contribution in [0, 0.1) is 0 Å². The maximum absolute atomic E-state index is 12.0. The number of ketones is 1. The number of benzene rings is 1. The summed E-state index contributed by atoms with van der Waals surface area (Å²) in [6.07, 6.45) is 3.28. The Balaban J connectivity index is 2.19. The van der Waals surface area contributed by atoms with Gasteiger partial charge in [-0.15, -0.1) is 0 Å². The number of hydrogen-bond donors (Lipinski definition) is 3. The Morgan fingerprint density at radius 2 is 1.73 bits per heavy atom. The Morgan fingerprint density at radius 3 is 2.39 bits per heavy atom. The molecular formula is C24H35N3O6. The van der Waals surface area contributed by atoms with Crippen molar-refractivity contribution in [2.45, 2.75) is 46.0 Å². The van der Waals surface area contributed by atoms with Crippen molar-refractivity contribution in [1.29, 1.82) is 0 Å². The summed E-state index contributed by atoms with van der Waals surface area (Å²) in [6.45, 7) is 5.05. The number of ether oxygens (including phenoxy) is 2. The van der Waals surface area contributed by atoms with Crippen molar-refractivity contribution in [3.8, 4) is 0 Å². The van der Waals surface area contributed by atoms with Gasteiger partial charge in [-0.1, -0.05) is 19.1 Å². The number of anilines is 1. The van der Waals surface area contributed by atoms with Crippen molar-refractivity contribution in [1.82, 2.24) is 10.6 Å². The van der Waals surface area contributed by atoms with Crippen LogP contribution in [0.2, 0.25) is 0 Å². The first-order valence-electron chi connectivity index (χ1n) is 11.1. The van der Waals surface area contributed by atoms with Crippen molar-refractivity contribution in [2.75, 3.05) is 38.7 Å². The third kappa shape index (κ3) is 13.7. The molecule has 1 aromatic carbocycles. The lowest BCUT2D eigenvalue weighted by molar-refractivity contribution is -0.144. The first-order valence-corrected chi connectivity index (χ1v) is 11.1. The van der Waals surface area contributed by atoms with E-state index < -0.39 is 11.8 Å². The molecular weight excluding hydrogens is 426 g/mol. The molecule has 0 bridgehead atoms. The number of nitrogens with one attached hydrogen (secondary N) is 3. The van der Waals surface area contributed by atoms with Crippen LogP contribution in [0.3, 0.4) is 0 Å². The van der Waals surface area contributed by atoms with Gasteiger partial charge in [-0.2, -0.15) is 0 Å². The van der Waals surface area contributed by atoms with Crippen molar-refractivity contribution in [2.24, 2.45) is 0 Å². The van der Waals surface area contributed by atoms with Gasteiger partial charge in [0.25, 0.3) is 0 Å². The second-order valence-corrected chi connectivity index (χ2v) is 7.43. The fraction of sp³-hybridized carbons (Fsp3) is 0.500. The van der Waals surface area contributed by atoms with Gasteiger partial charge in [0.2, 0.25) is 11.8 Å². The molecule has 1 aromatic rings. The van der Waals surface area contributed by atoms with E-state index in [9.17, 15) is 19.2 Å². The highest BCUT2D eigenvalue weighted by atomic mass is 16.5. The third-order valence-corrected chi connectivity index (χ3v) is 4.43. The van der Waals surface area contributed by atoms with E-state index in [0.717, 1.165) is 17.7 Å². The van der Waals surface area contributed by atoms with E-state index in [2.05, 4.69) is 16.0 Å². The van der Waals surface area contributed by atoms with Crippen LogP contribution < -0.4 is 16.0 Å². The predicted molar refractivity (Wildman–Crippen MR) is 126 cm³/mol. The number of carbonyl (C=O) groups excluding carboxylic acids is 4. The summed E-state index contributed by atoms with van der Waals surface area (Å²) in [5.74, 6) is -1.06. The maximum atomic E-state index is 12.0. The monoisotopic (exact) mass is 461 g/mol. The molecule has 0 spiro atoms. The Morgan fingerprint density at radius 1 is 1.00 bits per heavy atom. The van der Waals surface area contributed by atoms with Crippen LogP contribution >= 0.6 is 0 Å². The summed E-state index contributed by atoms with van der Waals surface area (Å²) < 4.78 is 10.4. The van der Waals surface area contributed by atoms with E-state index in [4.69, 9.17) is 9.47 Å². The third-order valence-electron chi connectivity index (χ3n) is 4.43. The van der Waals surface area contributed by atoms with Crippen molar-refractivity contribution in [3.63, 3.8) is 0 Å². The molecule has 182 valence electrons. The largest absolute Gasteiger partial charge is 0.466 e. The van der Waals surface area contributed by atoms with Crippen molar-refractivity contribution < 1.29 is 28.7 Å². The van der Waals surface area contributed by atoms with E-state index in [1.807, 2.05) is 13.8 Å². The minimum atomic E-state index is -0.432. The number of allylic oxidation sites excluding steroid dienone is 2. The Hall–Kier alpha value is -3.20. The van der Waals surface area contributed by atoms with Crippen molar-refractivity contribution in [3.05, 3.63) is 41.6 Å². The Labute approximate surface area is 195 Å². The molecule has 33 heavy (non-hydrogen) atoms. The van der Waals surface area contributed by atoms with E-state index in [1.165, 1.54) is 0 Å². The average molecular weight is 462 g/mol. The van der Waals surface area contributed by atoms with Gasteiger partial charge in [0.15, 0.2) is 5.78 Å². The fourth-order valence-electron chi connectivity index (χ4n) is 2.67. The zero-order valence-corrected chi connectivity index (χ0v) is 19.7. The summed E-state index contributed by atoms with van der Waals surface area (Å²) in [5.41, 5.74) is 2.17. The molecule has 0 atom stereocenters. The maximum Gasteiger partial charge on any atom is 0.305 e. The molecule has 0 radical (unpaired) electrons. The van der Waals surface area contributed by atoms with Gasteiger partial charge in [0.1, 0.15) is 6.42 Å². The molecule has 9 heteroatoms. The smallest absolute Gasteiger partial charge is 0.305 e. The quantitative estimate of drug-likeness (QED) is 0.149. The number of rotatable bonds is 16. The molecule has 9 nitrogen and oxygen atoms in total. The number of amides is 2. The lowest BCUT2D eigenvalue weighted by Crippen LogP contribution is -2.30. The molecule has 1 rings (SSSR count). The highest BCUT2D eigenvalue weighted by molar-refractivity contribution is 6.03. The Kier molecular flexibility index (Phi) is 13.9. The summed E-state index contributed by atoms with van der Waals surface area (Å²) in [5, 5.41) is 8.18. The van der Waals surface area contributed by atoms with Crippen LogP contribution in [-0.2, 0) is 35.1 Å².